The maximum atomic E-state index is 12.7. The van der Waals surface area contributed by atoms with E-state index in [1.165, 1.54) is 19.2 Å². The van der Waals surface area contributed by atoms with Crippen LogP contribution in [0.1, 0.15) is 10.4 Å². The predicted molar refractivity (Wildman–Crippen MR) is 114 cm³/mol. The fourth-order valence-electron chi connectivity index (χ4n) is 3.04. The van der Waals surface area contributed by atoms with E-state index in [4.69, 9.17) is 22.0 Å². The number of hydrogen-bond donors (Lipinski definition) is 1. The lowest BCUT2D eigenvalue weighted by atomic mass is 9.96. The molecule has 1 fully saturated rings. The van der Waals surface area contributed by atoms with Crippen LogP contribution in [0.15, 0.2) is 30.3 Å². The Morgan fingerprint density at radius 3 is 1.94 bits per heavy atom. The molecule has 0 saturated carbocycles. The first kappa shape index (κ1) is 27.6. The SMILES string of the molecule is CO[C@@H]1O[C@@H](COS(C)(=O)=O)[C@@H](OS(C)(=O)=O)[C@H](OS(C)(=O)=O)[C@H]1NC(=O)c1ccccc1. The fraction of sp³-hybridized carbons (Fsp3) is 0.588. The Balaban J connectivity index is 2.50. The van der Waals surface area contributed by atoms with E-state index < -0.39 is 73.5 Å². The van der Waals surface area contributed by atoms with Crippen LogP contribution in [0.25, 0.3) is 0 Å². The first-order chi connectivity index (χ1) is 15.1. The Morgan fingerprint density at radius 1 is 0.909 bits per heavy atom. The van der Waals surface area contributed by atoms with Crippen molar-refractivity contribution >= 4 is 36.3 Å². The molecular weight excluding hydrogens is 506 g/mol. The number of carbonyl (C=O) groups is 1. The van der Waals surface area contributed by atoms with Gasteiger partial charge < -0.3 is 14.8 Å². The molecule has 0 spiro atoms. The molecule has 5 atom stereocenters. The molecule has 16 heteroatoms. The second-order valence-corrected chi connectivity index (χ2v) is 12.0. The summed E-state index contributed by atoms with van der Waals surface area (Å²) >= 11 is 0. The minimum absolute atomic E-state index is 0.202. The molecular formula is C17H25NO12S3. The second-order valence-electron chi connectivity index (χ2n) is 7.16. The van der Waals surface area contributed by atoms with Gasteiger partial charge in [-0.15, -0.1) is 0 Å². The highest BCUT2D eigenvalue weighted by Crippen LogP contribution is 2.29. The molecule has 1 amide bonds. The van der Waals surface area contributed by atoms with E-state index in [0.717, 1.165) is 6.26 Å². The molecule has 13 nitrogen and oxygen atoms in total. The van der Waals surface area contributed by atoms with Gasteiger partial charge in [0.05, 0.1) is 25.4 Å². The average Bonchev–Trinajstić information content (AvgIpc) is 2.67. The molecule has 0 aromatic heterocycles. The zero-order chi connectivity index (χ0) is 25.0. The van der Waals surface area contributed by atoms with E-state index in [0.29, 0.717) is 12.5 Å². The maximum absolute atomic E-state index is 12.7. The van der Waals surface area contributed by atoms with E-state index in [-0.39, 0.29) is 5.56 Å². The van der Waals surface area contributed by atoms with Gasteiger partial charge in [0.15, 0.2) is 6.29 Å². The van der Waals surface area contributed by atoms with E-state index in [9.17, 15) is 30.0 Å². The van der Waals surface area contributed by atoms with Gasteiger partial charge in [-0.1, -0.05) is 18.2 Å². The van der Waals surface area contributed by atoms with Gasteiger partial charge in [0.25, 0.3) is 36.3 Å². The summed E-state index contributed by atoms with van der Waals surface area (Å²) < 4.78 is 96.2. The van der Waals surface area contributed by atoms with Crippen molar-refractivity contribution in [3.8, 4) is 0 Å². The highest BCUT2D eigenvalue weighted by molar-refractivity contribution is 7.86. The zero-order valence-corrected chi connectivity index (χ0v) is 20.6. The first-order valence-electron chi connectivity index (χ1n) is 9.25. The van der Waals surface area contributed by atoms with Crippen LogP contribution < -0.4 is 5.32 Å². The molecule has 1 aromatic carbocycles. The lowest BCUT2D eigenvalue weighted by Gasteiger charge is -2.44. The summed E-state index contributed by atoms with van der Waals surface area (Å²) in [6.45, 7) is -0.748. The van der Waals surface area contributed by atoms with Crippen LogP contribution >= 0.6 is 0 Å². The van der Waals surface area contributed by atoms with Crippen molar-refractivity contribution in [1.82, 2.24) is 5.32 Å². The summed E-state index contributed by atoms with van der Waals surface area (Å²) in [5, 5.41) is 2.51. The minimum Gasteiger partial charge on any atom is -0.354 e. The summed E-state index contributed by atoms with van der Waals surface area (Å²) in [6.07, 6.45) is -4.14. The Labute approximate surface area is 192 Å². The monoisotopic (exact) mass is 531 g/mol. The number of carbonyl (C=O) groups excluding carboxylic acids is 1. The Morgan fingerprint density at radius 2 is 1.45 bits per heavy atom. The normalized spacial score (nSPS) is 26.6. The number of ether oxygens (including phenoxy) is 2. The van der Waals surface area contributed by atoms with Gasteiger partial charge in [0.1, 0.15) is 24.4 Å². The van der Waals surface area contributed by atoms with Crippen molar-refractivity contribution in [3.63, 3.8) is 0 Å². The third-order valence-corrected chi connectivity index (χ3v) is 5.94. The molecule has 1 aliphatic rings. The Bertz CT molecular complexity index is 1130. The highest BCUT2D eigenvalue weighted by atomic mass is 32.2. The van der Waals surface area contributed by atoms with E-state index >= 15 is 0 Å². The van der Waals surface area contributed by atoms with Crippen LogP contribution in [0.4, 0.5) is 0 Å². The average molecular weight is 532 g/mol. The van der Waals surface area contributed by atoms with Gasteiger partial charge in [0.2, 0.25) is 0 Å². The molecule has 1 aliphatic heterocycles. The molecule has 1 heterocycles. The van der Waals surface area contributed by atoms with Gasteiger partial charge in [-0.2, -0.15) is 25.3 Å². The topological polar surface area (TPSA) is 178 Å². The Hall–Kier alpha value is -1.66. The number of benzene rings is 1. The van der Waals surface area contributed by atoms with Gasteiger partial charge >= 0.3 is 0 Å². The molecule has 33 heavy (non-hydrogen) atoms. The molecule has 1 aromatic rings. The number of rotatable bonds is 10. The summed E-state index contributed by atoms with van der Waals surface area (Å²) in [5.41, 5.74) is 0.202. The maximum Gasteiger partial charge on any atom is 0.264 e. The fourth-order valence-corrected chi connectivity index (χ4v) is 4.69. The minimum atomic E-state index is -4.24. The third-order valence-electron chi connectivity index (χ3n) is 4.23. The molecule has 188 valence electrons. The van der Waals surface area contributed by atoms with Crippen molar-refractivity contribution in [2.75, 3.05) is 32.5 Å². The van der Waals surface area contributed by atoms with Crippen LogP contribution in [0.5, 0.6) is 0 Å². The predicted octanol–water partition coefficient (Wildman–Crippen LogP) is -1.18. The molecule has 0 radical (unpaired) electrons. The number of amides is 1. The highest BCUT2D eigenvalue weighted by Gasteiger charge is 2.51. The van der Waals surface area contributed by atoms with Gasteiger partial charge in [-0.3, -0.25) is 17.3 Å². The summed E-state index contributed by atoms with van der Waals surface area (Å²) in [5.74, 6) is -0.669. The number of methoxy groups -OCH3 is 1. The largest absolute Gasteiger partial charge is 0.354 e. The summed E-state index contributed by atoms with van der Waals surface area (Å²) in [7, 11) is -11.3. The van der Waals surface area contributed by atoms with E-state index in [1.54, 1.807) is 18.2 Å². The third kappa shape index (κ3) is 8.90. The van der Waals surface area contributed by atoms with Gasteiger partial charge in [-0.25, -0.2) is 0 Å². The van der Waals surface area contributed by atoms with Crippen molar-refractivity contribution in [3.05, 3.63) is 35.9 Å². The van der Waals surface area contributed by atoms with Crippen LogP contribution in [0.2, 0.25) is 0 Å². The second kappa shape index (κ2) is 10.7. The summed E-state index contributed by atoms with van der Waals surface area (Å²) in [6, 6.07) is 6.45. The van der Waals surface area contributed by atoms with E-state index in [1.807, 2.05) is 0 Å². The standard InChI is InChI=1S/C17H25NO12S3/c1-26-17-13(18-16(19)11-8-6-5-7-9-11)15(30-33(4,24)25)14(29-32(3,22)23)12(28-17)10-27-31(2,20)21/h5-9,12-15,17H,10H2,1-4H3,(H,18,19)/t12-,13+,14+,15+,17+/m0/s1. The lowest BCUT2D eigenvalue weighted by molar-refractivity contribution is -0.249. The van der Waals surface area contributed by atoms with Crippen molar-refractivity contribution < 1.29 is 52.1 Å². The Kier molecular flexibility index (Phi) is 8.97. The summed E-state index contributed by atoms with van der Waals surface area (Å²) in [4.78, 5) is 12.7. The van der Waals surface area contributed by atoms with Crippen LogP contribution in [0.3, 0.4) is 0 Å². The molecule has 1 N–H and O–H groups in total. The molecule has 1 saturated heterocycles. The van der Waals surface area contributed by atoms with Crippen LogP contribution in [-0.4, -0.2) is 94.3 Å². The first-order valence-corrected chi connectivity index (χ1v) is 14.7. The molecule has 0 aliphatic carbocycles. The van der Waals surface area contributed by atoms with Crippen molar-refractivity contribution in [2.45, 2.75) is 30.6 Å². The zero-order valence-electron chi connectivity index (χ0n) is 18.1. The van der Waals surface area contributed by atoms with E-state index in [2.05, 4.69) is 5.32 Å². The van der Waals surface area contributed by atoms with Crippen molar-refractivity contribution in [1.29, 1.82) is 0 Å². The van der Waals surface area contributed by atoms with Crippen LogP contribution in [-0.2, 0) is 52.4 Å². The number of hydrogen-bond acceptors (Lipinski definition) is 12. The van der Waals surface area contributed by atoms with Crippen molar-refractivity contribution in [2.24, 2.45) is 0 Å². The molecule has 2 rings (SSSR count). The smallest absolute Gasteiger partial charge is 0.264 e. The van der Waals surface area contributed by atoms with Crippen LogP contribution in [0, 0.1) is 0 Å². The van der Waals surface area contributed by atoms with Gasteiger partial charge in [-0.05, 0) is 12.1 Å². The molecule has 0 bridgehead atoms. The molecule has 0 unspecified atom stereocenters. The number of nitrogens with one attached hydrogen (secondary N) is 1. The quantitative estimate of drug-likeness (QED) is 0.358. The van der Waals surface area contributed by atoms with Gasteiger partial charge in [0, 0.05) is 12.7 Å². The lowest BCUT2D eigenvalue weighted by Crippen LogP contribution is -2.66.